The number of aliphatic carboxylic acids is 1. The number of nitrogens with one attached hydrogen (secondary N) is 2. The van der Waals surface area contributed by atoms with E-state index in [4.69, 9.17) is 5.11 Å². The molecule has 1 rings (SSSR count). The molecule has 0 aliphatic carbocycles. The lowest BCUT2D eigenvalue weighted by atomic mass is 10.0. The van der Waals surface area contributed by atoms with E-state index in [1.165, 1.54) is 12.8 Å². The molecule has 13 heavy (non-hydrogen) atoms. The van der Waals surface area contributed by atoms with Gasteiger partial charge in [-0.1, -0.05) is 6.42 Å². The summed E-state index contributed by atoms with van der Waals surface area (Å²) in [6.45, 7) is 3.49. The standard InChI is InChI=1S/C9H18N2O2/c1-7(9(12)13)11-6-8-4-2-3-5-10-8/h7-8,10-11H,2-6H2,1H3,(H,12,13). The van der Waals surface area contributed by atoms with Gasteiger partial charge >= 0.3 is 5.97 Å². The monoisotopic (exact) mass is 186 g/mol. The first-order valence-electron chi connectivity index (χ1n) is 4.89. The minimum Gasteiger partial charge on any atom is -0.480 e. The number of carboxylic acid groups (broad SMARTS) is 1. The summed E-state index contributed by atoms with van der Waals surface area (Å²) in [4.78, 5) is 10.5. The Kier molecular flexibility index (Phi) is 4.18. The second-order valence-corrected chi connectivity index (χ2v) is 3.62. The van der Waals surface area contributed by atoms with Gasteiger partial charge in [0.25, 0.3) is 0 Å². The third kappa shape index (κ3) is 3.74. The smallest absolute Gasteiger partial charge is 0.320 e. The quantitative estimate of drug-likeness (QED) is 0.586. The predicted octanol–water partition coefficient (Wildman–Crippen LogP) is 0.191. The van der Waals surface area contributed by atoms with Crippen molar-refractivity contribution in [1.82, 2.24) is 10.6 Å². The molecule has 0 spiro atoms. The van der Waals surface area contributed by atoms with Gasteiger partial charge in [-0.25, -0.2) is 0 Å². The molecule has 1 saturated heterocycles. The van der Waals surface area contributed by atoms with Crippen LogP contribution in [0.1, 0.15) is 26.2 Å². The van der Waals surface area contributed by atoms with Crippen molar-refractivity contribution in [2.24, 2.45) is 0 Å². The molecule has 4 heteroatoms. The average Bonchev–Trinajstić information content (AvgIpc) is 2.15. The van der Waals surface area contributed by atoms with Gasteiger partial charge in [0.2, 0.25) is 0 Å². The van der Waals surface area contributed by atoms with E-state index in [0.717, 1.165) is 19.5 Å². The van der Waals surface area contributed by atoms with Crippen molar-refractivity contribution >= 4 is 5.97 Å². The Hall–Kier alpha value is -0.610. The summed E-state index contributed by atoms with van der Waals surface area (Å²) in [6, 6.07) is 0.0132. The first kappa shape index (κ1) is 10.5. The molecule has 1 heterocycles. The second-order valence-electron chi connectivity index (χ2n) is 3.62. The molecule has 0 amide bonds. The molecule has 1 aliphatic rings. The fourth-order valence-corrected chi connectivity index (χ4v) is 1.50. The number of piperidine rings is 1. The van der Waals surface area contributed by atoms with E-state index in [-0.39, 0.29) is 0 Å². The number of carboxylic acids is 1. The number of carbonyl (C=O) groups is 1. The van der Waals surface area contributed by atoms with Gasteiger partial charge < -0.3 is 15.7 Å². The summed E-state index contributed by atoms with van der Waals surface area (Å²) >= 11 is 0. The Morgan fingerprint density at radius 1 is 1.69 bits per heavy atom. The van der Waals surface area contributed by atoms with Crippen molar-refractivity contribution in [2.75, 3.05) is 13.1 Å². The highest BCUT2D eigenvalue weighted by atomic mass is 16.4. The van der Waals surface area contributed by atoms with Gasteiger partial charge in [0.15, 0.2) is 0 Å². The molecular formula is C9H18N2O2. The molecule has 0 saturated carbocycles. The summed E-state index contributed by atoms with van der Waals surface area (Å²) in [5.74, 6) is -0.782. The van der Waals surface area contributed by atoms with Crippen molar-refractivity contribution in [1.29, 1.82) is 0 Å². The third-order valence-corrected chi connectivity index (χ3v) is 2.45. The SMILES string of the molecule is CC(NCC1CCCCN1)C(=O)O. The number of rotatable bonds is 4. The van der Waals surface area contributed by atoms with Crippen LogP contribution in [0, 0.1) is 0 Å². The Morgan fingerprint density at radius 3 is 3.00 bits per heavy atom. The van der Waals surface area contributed by atoms with Gasteiger partial charge in [-0.3, -0.25) is 4.79 Å². The molecule has 0 radical (unpaired) electrons. The zero-order valence-corrected chi connectivity index (χ0v) is 8.05. The van der Waals surface area contributed by atoms with Crippen LogP contribution in [0.4, 0.5) is 0 Å². The van der Waals surface area contributed by atoms with E-state index >= 15 is 0 Å². The molecule has 0 aromatic rings. The van der Waals surface area contributed by atoms with Crippen LogP contribution in [-0.4, -0.2) is 36.2 Å². The van der Waals surface area contributed by atoms with E-state index in [1.54, 1.807) is 6.92 Å². The zero-order valence-electron chi connectivity index (χ0n) is 8.05. The number of hydrogen-bond acceptors (Lipinski definition) is 3. The molecule has 0 aromatic heterocycles. The van der Waals surface area contributed by atoms with Crippen LogP contribution in [-0.2, 0) is 4.79 Å². The van der Waals surface area contributed by atoms with Gasteiger partial charge in [0.05, 0.1) is 0 Å². The fourth-order valence-electron chi connectivity index (χ4n) is 1.50. The molecule has 4 nitrogen and oxygen atoms in total. The van der Waals surface area contributed by atoms with E-state index in [0.29, 0.717) is 6.04 Å². The first-order chi connectivity index (χ1) is 6.20. The van der Waals surface area contributed by atoms with Gasteiger partial charge in [0, 0.05) is 12.6 Å². The predicted molar refractivity (Wildman–Crippen MR) is 50.7 cm³/mol. The topological polar surface area (TPSA) is 61.4 Å². The third-order valence-electron chi connectivity index (χ3n) is 2.45. The van der Waals surface area contributed by atoms with Gasteiger partial charge in [0.1, 0.15) is 6.04 Å². The highest BCUT2D eigenvalue weighted by Gasteiger charge is 2.15. The lowest BCUT2D eigenvalue weighted by Gasteiger charge is -2.24. The molecular weight excluding hydrogens is 168 g/mol. The highest BCUT2D eigenvalue weighted by Crippen LogP contribution is 2.05. The van der Waals surface area contributed by atoms with Gasteiger partial charge in [-0.15, -0.1) is 0 Å². The summed E-state index contributed by atoms with van der Waals surface area (Å²) in [5, 5.41) is 15.0. The molecule has 76 valence electrons. The maximum absolute atomic E-state index is 10.5. The van der Waals surface area contributed by atoms with E-state index in [1.807, 2.05) is 0 Å². The van der Waals surface area contributed by atoms with Crippen LogP contribution in [0.2, 0.25) is 0 Å². The summed E-state index contributed by atoms with van der Waals surface area (Å²) in [5.41, 5.74) is 0. The molecule has 0 aromatic carbocycles. The lowest BCUT2D eigenvalue weighted by Crippen LogP contribution is -2.46. The van der Waals surface area contributed by atoms with Gasteiger partial charge in [-0.05, 0) is 26.3 Å². The maximum atomic E-state index is 10.5. The van der Waals surface area contributed by atoms with Crippen molar-refractivity contribution < 1.29 is 9.90 Å². The largest absolute Gasteiger partial charge is 0.480 e. The molecule has 0 bridgehead atoms. The Bertz CT molecular complexity index is 167. The first-order valence-corrected chi connectivity index (χ1v) is 4.89. The Labute approximate surface area is 78.7 Å². The maximum Gasteiger partial charge on any atom is 0.320 e. The number of hydrogen-bond donors (Lipinski definition) is 3. The molecule has 2 atom stereocenters. The minimum atomic E-state index is -0.782. The summed E-state index contributed by atoms with van der Waals surface area (Å²) < 4.78 is 0. The van der Waals surface area contributed by atoms with Crippen molar-refractivity contribution in [3.63, 3.8) is 0 Å². The zero-order chi connectivity index (χ0) is 9.68. The molecule has 3 N–H and O–H groups in total. The van der Waals surface area contributed by atoms with Crippen LogP contribution in [0.3, 0.4) is 0 Å². The fraction of sp³-hybridized carbons (Fsp3) is 0.889. The molecule has 1 fully saturated rings. The summed E-state index contributed by atoms with van der Waals surface area (Å²) in [6.07, 6.45) is 3.64. The summed E-state index contributed by atoms with van der Waals surface area (Å²) in [7, 11) is 0. The van der Waals surface area contributed by atoms with Crippen LogP contribution < -0.4 is 10.6 Å². The average molecular weight is 186 g/mol. The van der Waals surface area contributed by atoms with Crippen LogP contribution in [0.5, 0.6) is 0 Å². The van der Waals surface area contributed by atoms with E-state index < -0.39 is 12.0 Å². The van der Waals surface area contributed by atoms with Crippen LogP contribution in [0.15, 0.2) is 0 Å². The van der Waals surface area contributed by atoms with E-state index in [9.17, 15) is 4.79 Å². The Balaban J connectivity index is 2.13. The van der Waals surface area contributed by atoms with Crippen molar-refractivity contribution in [2.45, 2.75) is 38.3 Å². The van der Waals surface area contributed by atoms with Crippen molar-refractivity contribution in [3.8, 4) is 0 Å². The van der Waals surface area contributed by atoms with Crippen molar-refractivity contribution in [3.05, 3.63) is 0 Å². The molecule has 2 unspecified atom stereocenters. The van der Waals surface area contributed by atoms with Crippen LogP contribution in [0.25, 0.3) is 0 Å². The normalized spacial score (nSPS) is 25.5. The lowest BCUT2D eigenvalue weighted by molar-refractivity contribution is -0.139. The Morgan fingerprint density at radius 2 is 2.46 bits per heavy atom. The molecule has 1 aliphatic heterocycles. The highest BCUT2D eigenvalue weighted by molar-refractivity contribution is 5.72. The minimum absolute atomic E-state index is 0.441. The second kappa shape index (κ2) is 5.19. The van der Waals surface area contributed by atoms with Crippen LogP contribution >= 0.6 is 0 Å². The van der Waals surface area contributed by atoms with Gasteiger partial charge in [-0.2, -0.15) is 0 Å². The van der Waals surface area contributed by atoms with E-state index in [2.05, 4.69) is 10.6 Å².